The number of hydrogen-bond acceptors (Lipinski definition) is 5. The highest BCUT2D eigenvalue weighted by Gasteiger charge is 2.23. The molecule has 1 aliphatic heterocycles. The molecule has 0 spiro atoms. The molecular weight excluding hydrogens is 334 g/mol. The monoisotopic (exact) mass is 355 g/mol. The van der Waals surface area contributed by atoms with Crippen molar-refractivity contribution >= 4 is 11.9 Å². The number of carbonyl (C=O) groups is 2. The molecule has 6 heteroatoms. The van der Waals surface area contributed by atoms with Crippen LogP contribution in [0.2, 0.25) is 0 Å². The Kier molecular flexibility index (Phi) is 5.41. The Bertz CT molecular complexity index is 790. The lowest BCUT2D eigenvalue weighted by molar-refractivity contribution is -0.145. The van der Waals surface area contributed by atoms with Crippen LogP contribution in [0.25, 0.3) is 0 Å². The van der Waals surface area contributed by atoms with Gasteiger partial charge in [-0.05, 0) is 29.8 Å². The standard InChI is InChI=1S/C20H21NO5/c1-14(20(23)24-2)11-21(19(22)16-6-4-3-5-7-16)12-15-8-9-17-18(10-15)26-13-25-17/h3-10,14H,11-13H2,1-2H3. The first kappa shape index (κ1) is 17.8. The second-order valence-corrected chi connectivity index (χ2v) is 6.16. The molecule has 1 unspecified atom stereocenters. The predicted octanol–water partition coefficient (Wildman–Crippen LogP) is 2.87. The Morgan fingerprint density at radius 2 is 1.85 bits per heavy atom. The number of amides is 1. The Labute approximate surface area is 152 Å². The fourth-order valence-corrected chi connectivity index (χ4v) is 2.85. The number of ether oxygens (including phenoxy) is 3. The fraction of sp³-hybridized carbons (Fsp3) is 0.300. The quantitative estimate of drug-likeness (QED) is 0.746. The van der Waals surface area contributed by atoms with Crippen LogP contribution in [0, 0.1) is 5.92 Å². The summed E-state index contributed by atoms with van der Waals surface area (Å²) < 4.78 is 15.5. The molecule has 0 saturated heterocycles. The Hall–Kier alpha value is -3.02. The Morgan fingerprint density at radius 1 is 1.12 bits per heavy atom. The van der Waals surface area contributed by atoms with E-state index in [1.165, 1.54) is 7.11 Å². The maximum absolute atomic E-state index is 12.9. The third-order valence-electron chi connectivity index (χ3n) is 4.22. The maximum atomic E-state index is 12.9. The molecule has 0 N–H and O–H groups in total. The number of carbonyl (C=O) groups excluding carboxylic acids is 2. The SMILES string of the molecule is COC(=O)C(C)CN(Cc1ccc2c(c1)OCO2)C(=O)c1ccccc1. The van der Waals surface area contributed by atoms with E-state index in [0.717, 1.165) is 5.56 Å². The average Bonchev–Trinajstić information content (AvgIpc) is 3.14. The van der Waals surface area contributed by atoms with Crippen LogP contribution in [0.15, 0.2) is 48.5 Å². The van der Waals surface area contributed by atoms with Crippen LogP contribution in [0.4, 0.5) is 0 Å². The van der Waals surface area contributed by atoms with E-state index in [0.29, 0.717) is 23.6 Å². The minimum atomic E-state index is -0.429. The second-order valence-electron chi connectivity index (χ2n) is 6.16. The molecule has 3 rings (SSSR count). The summed E-state index contributed by atoms with van der Waals surface area (Å²) in [5, 5.41) is 0. The van der Waals surface area contributed by atoms with Gasteiger partial charge in [0.25, 0.3) is 5.91 Å². The molecule has 0 bridgehead atoms. The number of nitrogens with zero attached hydrogens (tertiary/aromatic N) is 1. The minimum Gasteiger partial charge on any atom is -0.469 e. The van der Waals surface area contributed by atoms with Crippen molar-refractivity contribution in [3.63, 3.8) is 0 Å². The van der Waals surface area contributed by atoms with Crippen molar-refractivity contribution in [2.24, 2.45) is 5.92 Å². The van der Waals surface area contributed by atoms with Crippen LogP contribution in [-0.4, -0.2) is 37.2 Å². The molecule has 136 valence electrons. The van der Waals surface area contributed by atoms with E-state index in [1.54, 1.807) is 24.0 Å². The van der Waals surface area contributed by atoms with Crippen LogP contribution in [0.3, 0.4) is 0 Å². The number of esters is 1. The summed E-state index contributed by atoms with van der Waals surface area (Å²) in [6.07, 6.45) is 0. The van der Waals surface area contributed by atoms with Gasteiger partial charge in [-0.3, -0.25) is 9.59 Å². The van der Waals surface area contributed by atoms with Crippen molar-refractivity contribution in [2.75, 3.05) is 20.4 Å². The number of fused-ring (bicyclic) bond motifs is 1. The molecule has 0 radical (unpaired) electrons. The predicted molar refractivity (Wildman–Crippen MR) is 94.9 cm³/mol. The molecule has 1 aliphatic rings. The number of hydrogen-bond donors (Lipinski definition) is 0. The van der Waals surface area contributed by atoms with E-state index < -0.39 is 5.92 Å². The molecular formula is C20H21NO5. The molecule has 6 nitrogen and oxygen atoms in total. The lowest BCUT2D eigenvalue weighted by Gasteiger charge is -2.25. The van der Waals surface area contributed by atoms with Crippen molar-refractivity contribution < 1.29 is 23.8 Å². The first-order valence-corrected chi connectivity index (χ1v) is 8.39. The summed E-state index contributed by atoms with van der Waals surface area (Å²) in [5.74, 6) is 0.440. The van der Waals surface area contributed by atoms with E-state index >= 15 is 0 Å². The molecule has 26 heavy (non-hydrogen) atoms. The number of methoxy groups -OCH3 is 1. The van der Waals surface area contributed by atoms with Crippen molar-refractivity contribution in [1.29, 1.82) is 0 Å². The summed E-state index contributed by atoms with van der Waals surface area (Å²) >= 11 is 0. The topological polar surface area (TPSA) is 65.1 Å². The molecule has 0 fully saturated rings. The van der Waals surface area contributed by atoms with Gasteiger partial charge in [-0.1, -0.05) is 31.2 Å². The zero-order chi connectivity index (χ0) is 18.5. The lowest BCUT2D eigenvalue weighted by atomic mass is 10.1. The largest absolute Gasteiger partial charge is 0.469 e. The zero-order valence-corrected chi connectivity index (χ0v) is 14.8. The molecule has 2 aromatic carbocycles. The van der Waals surface area contributed by atoms with Gasteiger partial charge in [0.05, 0.1) is 13.0 Å². The Balaban J connectivity index is 1.82. The van der Waals surface area contributed by atoms with E-state index in [4.69, 9.17) is 14.2 Å². The molecule has 2 aromatic rings. The third kappa shape index (κ3) is 3.96. The second kappa shape index (κ2) is 7.91. The summed E-state index contributed by atoms with van der Waals surface area (Å²) in [5.41, 5.74) is 1.47. The smallest absolute Gasteiger partial charge is 0.310 e. The number of rotatable bonds is 6. The summed E-state index contributed by atoms with van der Waals surface area (Å²) in [7, 11) is 1.35. The van der Waals surface area contributed by atoms with Crippen molar-refractivity contribution in [3.05, 3.63) is 59.7 Å². The molecule has 1 heterocycles. The van der Waals surface area contributed by atoms with Gasteiger partial charge in [0.15, 0.2) is 11.5 Å². The molecule has 0 aromatic heterocycles. The minimum absolute atomic E-state index is 0.140. The van der Waals surface area contributed by atoms with Gasteiger partial charge in [0.2, 0.25) is 6.79 Å². The van der Waals surface area contributed by atoms with E-state index in [9.17, 15) is 9.59 Å². The maximum Gasteiger partial charge on any atom is 0.310 e. The van der Waals surface area contributed by atoms with Gasteiger partial charge < -0.3 is 19.1 Å². The van der Waals surface area contributed by atoms with Crippen molar-refractivity contribution in [2.45, 2.75) is 13.5 Å². The average molecular weight is 355 g/mol. The van der Waals surface area contributed by atoms with E-state index in [2.05, 4.69) is 0 Å². The van der Waals surface area contributed by atoms with Crippen molar-refractivity contribution in [3.8, 4) is 11.5 Å². The molecule has 0 saturated carbocycles. The van der Waals surface area contributed by atoms with Gasteiger partial charge in [-0.25, -0.2) is 0 Å². The summed E-state index contributed by atoms with van der Waals surface area (Å²) in [4.78, 5) is 26.4. The van der Waals surface area contributed by atoms with Gasteiger partial charge >= 0.3 is 5.97 Å². The molecule has 1 atom stereocenters. The van der Waals surface area contributed by atoms with Crippen LogP contribution < -0.4 is 9.47 Å². The van der Waals surface area contributed by atoms with E-state index in [1.807, 2.05) is 36.4 Å². The van der Waals surface area contributed by atoms with Crippen molar-refractivity contribution in [1.82, 2.24) is 4.90 Å². The fourth-order valence-electron chi connectivity index (χ4n) is 2.85. The van der Waals surface area contributed by atoms with Gasteiger partial charge in [-0.2, -0.15) is 0 Å². The van der Waals surface area contributed by atoms with Crippen LogP contribution >= 0.6 is 0 Å². The van der Waals surface area contributed by atoms with Gasteiger partial charge in [0.1, 0.15) is 0 Å². The highest BCUT2D eigenvalue weighted by Crippen LogP contribution is 2.33. The molecule has 0 aliphatic carbocycles. The first-order valence-electron chi connectivity index (χ1n) is 8.39. The first-order chi connectivity index (χ1) is 12.6. The third-order valence-corrected chi connectivity index (χ3v) is 4.22. The number of benzene rings is 2. The Morgan fingerprint density at radius 3 is 2.58 bits per heavy atom. The van der Waals surface area contributed by atoms with Crippen LogP contribution in [0.5, 0.6) is 11.5 Å². The highest BCUT2D eigenvalue weighted by molar-refractivity contribution is 5.94. The van der Waals surface area contributed by atoms with E-state index in [-0.39, 0.29) is 25.2 Å². The van der Waals surface area contributed by atoms with Crippen LogP contribution in [0.1, 0.15) is 22.8 Å². The summed E-state index contributed by atoms with van der Waals surface area (Å²) in [6.45, 7) is 2.56. The zero-order valence-electron chi connectivity index (χ0n) is 14.8. The molecule has 1 amide bonds. The van der Waals surface area contributed by atoms with Gasteiger partial charge in [0, 0.05) is 18.7 Å². The van der Waals surface area contributed by atoms with Gasteiger partial charge in [-0.15, -0.1) is 0 Å². The normalized spacial score (nSPS) is 13.2. The summed E-state index contributed by atoms with van der Waals surface area (Å²) in [6, 6.07) is 14.6. The van der Waals surface area contributed by atoms with Crippen LogP contribution in [-0.2, 0) is 16.1 Å². The highest BCUT2D eigenvalue weighted by atomic mass is 16.7. The lowest BCUT2D eigenvalue weighted by Crippen LogP contribution is -2.36.